The summed E-state index contributed by atoms with van der Waals surface area (Å²) in [5.74, 6) is -0.477. The number of hydrogen-bond donors (Lipinski definition) is 1. The molecule has 1 saturated heterocycles. The molecule has 0 saturated carbocycles. The second-order valence-electron chi connectivity index (χ2n) is 6.00. The number of nitrogens with zero attached hydrogens (tertiary/aromatic N) is 2. The Kier molecular flexibility index (Phi) is 4.69. The lowest BCUT2D eigenvalue weighted by molar-refractivity contribution is -0.132. The first kappa shape index (κ1) is 16.3. The number of aromatic nitrogens is 1. The van der Waals surface area contributed by atoms with Gasteiger partial charge in [0.15, 0.2) is 5.58 Å². The van der Waals surface area contributed by atoms with Gasteiger partial charge in [-0.15, -0.1) is 0 Å². The molecule has 3 rings (SSSR count). The lowest BCUT2D eigenvalue weighted by Gasteiger charge is -2.35. The first-order valence-corrected chi connectivity index (χ1v) is 8.28. The molecule has 2 amide bonds. The zero-order chi connectivity index (χ0) is 17.1. The number of piperazine rings is 1. The molecule has 128 valence electrons. The highest BCUT2D eigenvalue weighted by molar-refractivity contribution is 5.97. The van der Waals surface area contributed by atoms with Crippen LogP contribution in [0.25, 0.3) is 11.1 Å². The SMILES string of the molecule is CCCCC(=O)N1CCN(C(=O)c2ccc3[nH]c(=O)oc3c2)CC1. The Hall–Kier alpha value is -2.57. The third-order valence-corrected chi connectivity index (χ3v) is 4.33. The van der Waals surface area contributed by atoms with Gasteiger partial charge in [0.05, 0.1) is 5.52 Å². The number of benzene rings is 1. The molecule has 1 aliphatic rings. The van der Waals surface area contributed by atoms with Gasteiger partial charge in [-0.1, -0.05) is 13.3 Å². The van der Waals surface area contributed by atoms with Crippen molar-refractivity contribution in [2.24, 2.45) is 0 Å². The topological polar surface area (TPSA) is 86.6 Å². The van der Waals surface area contributed by atoms with Gasteiger partial charge in [0.25, 0.3) is 5.91 Å². The molecule has 1 N–H and O–H groups in total. The van der Waals surface area contributed by atoms with Crippen molar-refractivity contribution in [1.82, 2.24) is 14.8 Å². The van der Waals surface area contributed by atoms with Gasteiger partial charge in [-0.05, 0) is 24.6 Å². The van der Waals surface area contributed by atoms with Gasteiger partial charge in [-0.25, -0.2) is 4.79 Å². The standard InChI is InChI=1S/C17H21N3O4/c1-2-3-4-15(21)19-7-9-20(10-8-19)16(22)12-5-6-13-14(11-12)24-17(23)18-13/h5-6,11H,2-4,7-10H2,1H3,(H,18,23). The van der Waals surface area contributed by atoms with Crippen molar-refractivity contribution in [3.8, 4) is 0 Å². The van der Waals surface area contributed by atoms with Gasteiger partial charge in [-0.3, -0.25) is 14.6 Å². The minimum Gasteiger partial charge on any atom is -0.408 e. The Morgan fingerprint density at radius 3 is 2.58 bits per heavy atom. The number of H-pyrrole nitrogens is 1. The first-order valence-electron chi connectivity index (χ1n) is 8.28. The number of rotatable bonds is 4. The summed E-state index contributed by atoms with van der Waals surface area (Å²) < 4.78 is 5.00. The summed E-state index contributed by atoms with van der Waals surface area (Å²) in [4.78, 5) is 41.9. The molecule has 1 fully saturated rings. The van der Waals surface area contributed by atoms with Crippen LogP contribution in [-0.4, -0.2) is 52.8 Å². The molecule has 1 aromatic heterocycles. The van der Waals surface area contributed by atoms with E-state index in [1.165, 1.54) is 0 Å². The molecule has 24 heavy (non-hydrogen) atoms. The number of oxazole rings is 1. The zero-order valence-electron chi connectivity index (χ0n) is 13.7. The molecule has 0 aliphatic carbocycles. The minimum atomic E-state index is -0.534. The number of amides is 2. The van der Waals surface area contributed by atoms with E-state index >= 15 is 0 Å². The predicted molar refractivity (Wildman–Crippen MR) is 88.8 cm³/mol. The summed E-state index contributed by atoms with van der Waals surface area (Å²) in [5, 5.41) is 0. The number of carbonyl (C=O) groups is 2. The third kappa shape index (κ3) is 3.34. The molecule has 7 heteroatoms. The maximum Gasteiger partial charge on any atom is 0.417 e. The van der Waals surface area contributed by atoms with E-state index in [9.17, 15) is 14.4 Å². The Balaban J connectivity index is 1.63. The van der Waals surface area contributed by atoms with Gasteiger partial charge < -0.3 is 14.2 Å². The maximum absolute atomic E-state index is 12.6. The summed E-state index contributed by atoms with van der Waals surface area (Å²) in [6.07, 6.45) is 2.48. The Morgan fingerprint density at radius 1 is 1.17 bits per heavy atom. The molecular weight excluding hydrogens is 310 g/mol. The van der Waals surface area contributed by atoms with E-state index in [-0.39, 0.29) is 11.8 Å². The molecule has 2 heterocycles. The molecule has 1 aromatic carbocycles. The number of nitrogens with one attached hydrogen (secondary N) is 1. The second kappa shape index (κ2) is 6.90. The van der Waals surface area contributed by atoms with Crippen molar-refractivity contribution in [3.05, 3.63) is 34.3 Å². The summed E-state index contributed by atoms with van der Waals surface area (Å²) in [6.45, 7) is 4.23. The molecule has 7 nitrogen and oxygen atoms in total. The number of unbranched alkanes of at least 4 members (excludes halogenated alkanes) is 1. The second-order valence-corrected chi connectivity index (χ2v) is 6.00. The summed E-state index contributed by atoms with van der Waals surface area (Å²) in [5.41, 5.74) is 1.43. The number of aromatic amines is 1. The van der Waals surface area contributed by atoms with Gasteiger partial charge in [0.2, 0.25) is 5.91 Å². The van der Waals surface area contributed by atoms with Crippen LogP contribution < -0.4 is 5.76 Å². The number of hydrogen-bond acceptors (Lipinski definition) is 4. The monoisotopic (exact) mass is 331 g/mol. The zero-order valence-corrected chi connectivity index (χ0v) is 13.7. The largest absolute Gasteiger partial charge is 0.417 e. The highest BCUT2D eigenvalue weighted by Gasteiger charge is 2.24. The maximum atomic E-state index is 12.6. The normalized spacial score (nSPS) is 15.0. The fourth-order valence-electron chi connectivity index (χ4n) is 2.91. The van der Waals surface area contributed by atoms with E-state index in [2.05, 4.69) is 11.9 Å². The van der Waals surface area contributed by atoms with Crippen LogP contribution in [0.5, 0.6) is 0 Å². The summed E-state index contributed by atoms with van der Waals surface area (Å²) >= 11 is 0. The van der Waals surface area contributed by atoms with E-state index in [0.717, 1.165) is 12.8 Å². The highest BCUT2D eigenvalue weighted by Crippen LogP contribution is 2.15. The summed E-state index contributed by atoms with van der Waals surface area (Å²) in [7, 11) is 0. The average Bonchev–Trinajstić information content (AvgIpc) is 2.98. The van der Waals surface area contributed by atoms with Gasteiger partial charge in [0, 0.05) is 38.2 Å². The molecule has 0 unspecified atom stereocenters. The lowest BCUT2D eigenvalue weighted by Crippen LogP contribution is -2.50. The molecule has 2 aromatic rings. The van der Waals surface area contributed by atoms with Crippen LogP contribution in [0.2, 0.25) is 0 Å². The van der Waals surface area contributed by atoms with Gasteiger partial charge >= 0.3 is 5.76 Å². The van der Waals surface area contributed by atoms with Crippen LogP contribution >= 0.6 is 0 Å². The van der Waals surface area contributed by atoms with E-state index in [1.54, 1.807) is 23.1 Å². The van der Waals surface area contributed by atoms with Crippen molar-refractivity contribution in [2.75, 3.05) is 26.2 Å². The third-order valence-electron chi connectivity index (χ3n) is 4.33. The van der Waals surface area contributed by atoms with Crippen LogP contribution in [0.15, 0.2) is 27.4 Å². The van der Waals surface area contributed by atoms with Crippen LogP contribution in [-0.2, 0) is 4.79 Å². The molecule has 0 atom stereocenters. The quantitative estimate of drug-likeness (QED) is 0.922. The predicted octanol–water partition coefficient (Wildman–Crippen LogP) is 1.60. The Morgan fingerprint density at radius 2 is 1.88 bits per heavy atom. The fourth-order valence-corrected chi connectivity index (χ4v) is 2.91. The van der Waals surface area contributed by atoms with Crippen LogP contribution in [0.4, 0.5) is 0 Å². The van der Waals surface area contributed by atoms with Crippen LogP contribution in [0, 0.1) is 0 Å². The van der Waals surface area contributed by atoms with Crippen LogP contribution in [0.1, 0.15) is 36.5 Å². The smallest absolute Gasteiger partial charge is 0.408 e. The van der Waals surface area contributed by atoms with Crippen molar-refractivity contribution >= 4 is 22.9 Å². The van der Waals surface area contributed by atoms with E-state index in [1.807, 2.05) is 4.90 Å². The molecule has 0 spiro atoms. The lowest BCUT2D eigenvalue weighted by atomic mass is 10.1. The minimum absolute atomic E-state index is 0.110. The fraction of sp³-hybridized carbons (Fsp3) is 0.471. The van der Waals surface area contributed by atoms with Crippen LogP contribution in [0.3, 0.4) is 0 Å². The highest BCUT2D eigenvalue weighted by atomic mass is 16.4. The van der Waals surface area contributed by atoms with Gasteiger partial charge in [-0.2, -0.15) is 0 Å². The van der Waals surface area contributed by atoms with E-state index in [4.69, 9.17) is 4.42 Å². The molecular formula is C17H21N3O4. The number of carbonyl (C=O) groups excluding carboxylic acids is 2. The van der Waals surface area contributed by atoms with Crippen molar-refractivity contribution in [1.29, 1.82) is 0 Å². The summed E-state index contributed by atoms with van der Waals surface area (Å²) in [6, 6.07) is 4.92. The van der Waals surface area contributed by atoms with Gasteiger partial charge in [0.1, 0.15) is 0 Å². The molecule has 0 bridgehead atoms. The van der Waals surface area contributed by atoms with E-state index in [0.29, 0.717) is 49.3 Å². The number of fused-ring (bicyclic) bond motifs is 1. The van der Waals surface area contributed by atoms with Crippen molar-refractivity contribution in [2.45, 2.75) is 26.2 Å². The Labute approximate surface area is 139 Å². The molecule has 0 radical (unpaired) electrons. The van der Waals surface area contributed by atoms with Crippen molar-refractivity contribution in [3.63, 3.8) is 0 Å². The first-order chi connectivity index (χ1) is 11.6. The Bertz CT molecular complexity index is 800. The molecule has 1 aliphatic heterocycles. The average molecular weight is 331 g/mol. The van der Waals surface area contributed by atoms with Crippen molar-refractivity contribution < 1.29 is 14.0 Å². The van der Waals surface area contributed by atoms with E-state index < -0.39 is 5.76 Å².